The first-order chi connectivity index (χ1) is 6.20. The third-order valence-corrected chi connectivity index (χ3v) is 3.23. The predicted molar refractivity (Wildman–Crippen MR) is 53.6 cm³/mol. The summed E-state index contributed by atoms with van der Waals surface area (Å²) in [6, 6.07) is 0. The lowest BCUT2D eigenvalue weighted by Crippen LogP contribution is -2.20. The molecule has 0 amide bonds. The highest BCUT2D eigenvalue weighted by molar-refractivity contribution is 4.89. The lowest BCUT2D eigenvalue weighted by Gasteiger charge is -2.20. The average Bonchev–Trinajstić information content (AvgIpc) is 2.34. The Morgan fingerprint density at radius 3 is 2.62 bits per heavy atom. The van der Waals surface area contributed by atoms with Crippen LogP contribution in [0.15, 0.2) is 0 Å². The van der Waals surface area contributed by atoms with Crippen molar-refractivity contribution >= 4 is 0 Å². The van der Waals surface area contributed by atoms with Crippen LogP contribution in [0.3, 0.4) is 0 Å². The smallest absolute Gasteiger partial charge is 0.0628 e. The van der Waals surface area contributed by atoms with Crippen LogP contribution < -0.4 is 0 Å². The fraction of sp³-hybridized carbons (Fsp3) is 1.00. The second-order valence-corrected chi connectivity index (χ2v) is 4.11. The Morgan fingerprint density at radius 2 is 2.08 bits per heavy atom. The van der Waals surface area contributed by atoms with E-state index in [2.05, 4.69) is 13.8 Å². The summed E-state index contributed by atoms with van der Waals surface area (Å²) in [7, 11) is 0. The van der Waals surface area contributed by atoms with Crippen LogP contribution in [-0.4, -0.2) is 23.9 Å². The molecule has 0 unspecified atom stereocenters. The molecule has 4 atom stereocenters. The largest absolute Gasteiger partial charge is 0.393 e. The normalized spacial score (nSPS) is 39.7. The van der Waals surface area contributed by atoms with Crippen molar-refractivity contribution < 1.29 is 9.84 Å². The molecular formula is C11H22O2. The van der Waals surface area contributed by atoms with Crippen molar-refractivity contribution in [2.75, 3.05) is 6.61 Å². The molecule has 0 aromatic carbocycles. The quantitative estimate of drug-likeness (QED) is 0.729. The maximum Gasteiger partial charge on any atom is 0.0628 e. The SMILES string of the molecule is CCC[C@@H]1[C@@H](C)[C@@H](OCC)C[C@H]1O. The molecule has 1 saturated carbocycles. The lowest BCUT2D eigenvalue weighted by atomic mass is 9.91. The standard InChI is InChI=1S/C11H22O2/c1-4-6-9-8(3)11(13-5-2)7-10(9)12/h8-12H,4-7H2,1-3H3/t8-,9-,10-,11+/m1/s1. The third-order valence-electron chi connectivity index (χ3n) is 3.23. The van der Waals surface area contributed by atoms with E-state index < -0.39 is 0 Å². The molecule has 0 aliphatic heterocycles. The van der Waals surface area contributed by atoms with E-state index in [1.165, 1.54) is 0 Å². The van der Waals surface area contributed by atoms with Crippen LogP contribution in [-0.2, 0) is 4.74 Å². The molecule has 0 aromatic heterocycles. The molecular weight excluding hydrogens is 164 g/mol. The van der Waals surface area contributed by atoms with Gasteiger partial charge in [0.25, 0.3) is 0 Å². The Bertz CT molecular complexity index is 147. The third kappa shape index (κ3) is 2.44. The molecule has 0 spiro atoms. The molecule has 78 valence electrons. The highest BCUT2D eigenvalue weighted by Gasteiger charge is 2.39. The van der Waals surface area contributed by atoms with Gasteiger partial charge in [-0.15, -0.1) is 0 Å². The number of hydrogen-bond acceptors (Lipinski definition) is 2. The summed E-state index contributed by atoms with van der Waals surface area (Å²) in [5.74, 6) is 0.983. The molecule has 1 fully saturated rings. The first-order valence-corrected chi connectivity index (χ1v) is 5.50. The van der Waals surface area contributed by atoms with Gasteiger partial charge in [0.05, 0.1) is 12.2 Å². The van der Waals surface area contributed by atoms with Crippen LogP contribution in [0.5, 0.6) is 0 Å². The maximum absolute atomic E-state index is 9.81. The van der Waals surface area contributed by atoms with Crippen molar-refractivity contribution in [3.8, 4) is 0 Å². The Morgan fingerprint density at radius 1 is 1.38 bits per heavy atom. The summed E-state index contributed by atoms with van der Waals surface area (Å²) in [5, 5.41) is 9.81. The fourth-order valence-corrected chi connectivity index (χ4v) is 2.48. The van der Waals surface area contributed by atoms with Crippen molar-refractivity contribution in [3.63, 3.8) is 0 Å². The van der Waals surface area contributed by atoms with Crippen molar-refractivity contribution in [1.82, 2.24) is 0 Å². The van der Waals surface area contributed by atoms with E-state index in [1.54, 1.807) is 0 Å². The minimum absolute atomic E-state index is 0.133. The summed E-state index contributed by atoms with van der Waals surface area (Å²) in [6.45, 7) is 7.16. The van der Waals surface area contributed by atoms with Crippen LogP contribution in [0.25, 0.3) is 0 Å². The first-order valence-electron chi connectivity index (χ1n) is 5.50. The first kappa shape index (κ1) is 11.0. The fourth-order valence-electron chi connectivity index (χ4n) is 2.48. The minimum Gasteiger partial charge on any atom is -0.393 e. The van der Waals surface area contributed by atoms with Crippen LogP contribution >= 0.6 is 0 Å². The van der Waals surface area contributed by atoms with Crippen molar-refractivity contribution in [2.24, 2.45) is 11.8 Å². The predicted octanol–water partition coefficient (Wildman–Crippen LogP) is 2.21. The number of aliphatic hydroxyl groups is 1. The van der Waals surface area contributed by atoms with Gasteiger partial charge in [0.1, 0.15) is 0 Å². The second kappa shape index (κ2) is 4.97. The molecule has 1 N–H and O–H groups in total. The van der Waals surface area contributed by atoms with Crippen molar-refractivity contribution in [2.45, 2.75) is 52.2 Å². The number of hydrogen-bond donors (Lipinski definition) is 1. The van der Waals surface area contributed by atoms with Crippen molar-refractivity contribution in [1.29, 1.82) is 0 Å². The minimum atomic E-state index is -0.133. The number of rotatable bonds is 4. The molecule has 0 saturated heterocycles. The molecule has 0 aromatic rings. The van der Waals surface area contributed by atoms with Crippen molar-refractivity contribution in [3.05, 3.63) is 0 Å². The van der Waals surface area contributed by atoms with E-state index in [0.29, 0.717) is 11.8 Å². The van der Waals surface area contributed by atoms with E-state index >= 15 is 0 Å². The Kier molecular flexibility index (Phi) is 4.20. The zero-order valence-corrected chi connectivity index (χ0v) is 8.99. The lowest BCUT2D eigenvalue weighted by molar-refractivity contribution is 0.0324. The zero-order valence-electron chi connectivity index (χ0n) is 8.99. The highest BCUT2D eigenvalue weighted by atomic mass is 16.5. The average molecular weight is 186 g/mol. The van der Waals surface area contributed by atoms with Crippen LogP contribution in [0, 0.1) is 11.8 Å². The molecule has 13 heavy (non-hydrogen) atoms. The van der Waals surface area contributed by atoms with Gasteiger partial charge in [0.15, 0.2) is 0 Å². The van der Waals surface area contributed by atoms with Gasteiger partial charge in [-0.3, -0.25) is 0 Å². The van der Waals surface area contributed by atoms with Gasteiger partial charge in [-0.2, -0.15) is 0 Å². The number of ether oxygens (including phenoxy) is 1. The summed E-state index contributed by atoms with van der Waals surface area (Å²) >= 11 is 0. The van der Waals surface area contributed by atoms with Crippen LogP contribution in [0.4, 0.5) is 0 Å². The van der Waals surface area contributed by atoms with Crippen LogP contribution in [0.1, 0.15) is 40.0 Å². The molecule has 2 heteroatoms. The van der Waals surface area contributed by atoms with E-state index in [0.717, 1.165) is 25.9 Å². The molecule has 1 aliphatic carbocycles. The second-order valence-electron chi connectivity index (χ2n) is 4.11. The zero-order chi connectivity index (χ0) is 9.84. The Labute approximate surface area is 81.3 Å². The van der Waals surface area contributed by atoms with Gasteiger partial charge in [0, 0.05) is 13.0 Å². The van der Waals surface area contributed by atoms with E-state index in [9.17, 15) is 5.11 Å². The van der Waals surface area contributed by atoms with Gasteiger partial charge >= 0.3 is 0 Å². The maximum atomic E-state index is 9.81. The molecule has 1 aliphatic rings. The highest BCUT2D eigenvalue weighted by Crippen LogP contribution is 2.36. The molecule has 0 radical (unpaired) electrons. The monoisotopic (exact) mass is 186 g/mol. The van der Waals surface area contributed by atoms with Gasteiger partial charge in [-0.25, -0.2) is 0 Å². The van der Waals surface area contributed by atoms with E-state index in [4.69, 9.17) is 4.74 Å². The molecule has 2 nitrogen and oxygen atoms in total. The molecule has 0 bridgehead atoms. The summed E-state index contributed by atoms with van der Waals surface area (Å²) < 4.78 is 5.60. The summed E-state index contributed by atoms with van der Waals surface area (Å²) in [4.78, 5) is 0. The Hall–Kier alpha value is -0.0800. The van der Waals surface area contributed by atoms with E-state index in [1.807, 2.05) is 6.92 Å². The van der Waals surface area contributed by atoms with Gasteiger partial charge in [0.2, 0.25) is 0 Å². The van der Waals surface area contributed by atoms with Crippen LogP contribution in [0.2, 0.25) is 0 Å². The molecule has 0 heterocycles. The molecule has 1 rings (SSSR count). The summed E-state index contributed by atoms with van der Waals surface area (Å²) in [6.07, 6.45) is 3.28. The van der Waals surface area contributed by atoms with Gasteiger partial charge < -0.3 is 9.84 Å². The topological polar surface area (TPSA) is 29.5 Å². The Balaban J connectivity index is 2.48. The van der Waals surface area contributed by atoms with Gasteiger partial charge in [-0.05, 0) is 25.2 Å². The number of aliphatic hydroxyl groups excluding tert-OH is 1. The van der Waals surface area contributed by atoms with E-state index in [-0.39, 0.29) is 12.2 Å². The van der Waals surface area contributed by atoms with Gasteiger partial charge in [-0.1, -0.05) is 20.3 Å². The summed E-state index contributed by atoms with van der Waals surface area (Å²) in [5.41, 5.74) is 0.